The highest BCUT2D eigenvalue weighted by atomic mass is 16.3. The van der Waals surface area contributed by atoms with Gasteiger partial charge in [-0.15, -0.1) is 0 Å². The number of amides is 2. The molecule has 2 aromatic carbocycles. The fourth-order valence-corrected chi connectivity index (χ4v) is 3.38. The van der Waals surface area contributed by atoms with Crippen molar-refractivity contribution in [2.45, 2.75) is 31.2 Å². The molecule has 4 nitrogen and oxygen atoms in total. The number of nitrogens with one attached hydrogen (secondary N) is 2. The molecule has 2 aromatic rings. The van der Waals surface area contributed by atoms with Crippen LogP contribution in [0.4, 0.5) is 4.79 Å². The van der Waals surface area contributed by atoms with E-state index in [9.17, 15) is 9.90 Å². The summed E-state index contributed by atoms with van der Waals surface area (Å²) in [4.78, 5) is 12.2. The van der Waals surface area contributed by atoms with Gasteiger partial charge in [-0.25, -0.2) is 4.79 Å². The number of rotatable bonds is 6. The highest BCUT2D eigenvalue weighted by molar-refractivity contribution is 5.74. The predicted molar refractivity (Wildman–Crippen MR) is 95.1 cm³/mol. The lowest BCUT2D eigenvalue weighted by Gasteiger charge is -2.19. The maximum Gasteiger partial charge on any atom is 0.315 e. The van der Waals surface area contributed by atoms with Crippen LogP contribution in [0.25, 0.3) is 0 Å². The number of fused-ring (bicyclic) bond motifs is 1. The first-order valence-corrected chi connectivity index (χ1v) is 8.53. The second-order valence-electron chi connectivity index (χ2n) is 6.35. The van der Waals surface area contributed by atoms with Gasteiger partial charge in [-0.1, -0.05) is 54.6 Å². The number of aliphatic hydroxyl groups is 1. The molecule has 0 fully saturated rings. The van der Waals surface area contributed by atoms with E-state index in [2.05, 4.69) is 22.8 Å². The van der Waals surface area contributed by atoms with E-state index in [0.717, 1.165) is 18.4 Å². The first kappa shape index (κ1) is 16.5. The Morgan fingerprint density at radius 3 is 2.29 bits per heavy atom. The zero-order chi connectivity index (χ0) is 16.8. The molecule has 0 saturated carbocycles. The largest absolute Gasteiger partial charge is 0.396 e. The number of carbonyl (C=O) groups is 1. The summed E-state index contributed by atoms with van der Waals surface area (Å²) >= 11 is 0. The third kappa shape index (κ3) is 4.15. The Bertz CT molecular complexity index is 647. The highest BCUT2D eigenvalue weighted by Crippen LogP contribution is 2.21. The van der Waals surface area contributed by atoms with Crippen molar-refractivity contribution < 1.29 is 9.90 Å². The van der Waals surface area contributed by atoms with E-state index in [0.29, 0.717) is 13.0 Å². The molecule has 2 amide bonds. The third-order valence-electron chi connectivity index (χ3n) is 4.64. The first-order valence-electron chi connectivity index (χ1n) is 8.53. The Kier molecular flexibility index (Phi) is 5.49. The van der Waals surface area contributed by atoms with E-state index in [1.165, 1.54) is 11.1 Å². The minimum absolute atomic E-state index is 0.112. The molecule has 3 rings (SSSR count). The zero-order valence-corrected chi connectivity index (χ0v) is 13.7. The molecule has 24 heavy (non-hydrogen) atoms. The van der Waals surface area contributed by atoms with E-state index in [-0.39, 0.29) is 24.6 Å². The highest BCUT2D eigenvalue weighted by Gasteiger charge is 2.22. The number of aliphatic hydroxyl groups excluding tert-OH is 1. The van der Waals surface area contributed by atoms with Gasteiger partial charge in [0.15, 0.2) is 0 Å². The summed E-state index contributed by atoms with van der Waals surface area (Å²) in [6, 6.07) is 18.4. The lowest BCUT2D eigenvalue weighted by Crippen LogP contribution is -2.43. The molecule has 0 spiro atoms. The average molecular weight is 324 g/mol. The van der Waals surface area contributed by atoms with Gasteiger partial charge in [0, 0.05) is 25.1 Å². The van der Waals surface area contributed by atoms with Crippen molar-refractivity contribution in [3.05, 3.63) is 71.3 Å². The number of hydrogen-bond acceptors (Lipinski definition) is 2. The minimum atomic E-state index is -0.133. The summed E-state index contributed by atoms with van der Waals surface area (Å²) < 4.78 is 0. The molecule has 1 aliphatic rings. The normalized spacial score (nSPS) is 14.9. The van der Waals surface area contributed by atoms with Crippen LogP contribution in [0.3, 0.4) is 0 Å². The first-order chi connectivity index (χ1) is 11.8. The molecule has 0 heterocycles. The molecule has 0 saturated heterocycles. The quantitative estimate of drug-likeness (QED) is 0.765. The molecule has 0 bridgehead atoms. The van der Waals surface area contributed by atoms with Crippen LogP contribution in [-0.2, 0) is 12.8 Å². The lowest BCUT2D eigenvalue weighted by atomic mass is 9.96. The summed E-state index contributed by atoms with van der Waals surface area (Å²) in [6.07, 6.45) is 2.42. The third-order valence-corrected chi connectivity index (χ3v) is 4.64. The average Bonchev–Trinajstić information content (AvgIpc) is 3.01. The number of hydrogen-bond donors (Lipinski definition) is 3. The molecule has 1 atom stereocenters. The predicted octanol–water partition coefficient (Wildman–Crippen LogP) is 2.62. The number of carbonyl (C=O) groups excluding carboxylic acids is 1. The van der Waals surface area contributed by atoms with Crippen LogP contribution >= 0.6 is 0 Å². The van der Waals surface area contributed by atoms with E-state index < -0.39 is 0 Å². The molecule has 3 N–H and O–H groups in total. The summed E-state index contributed by atoms with van der Waals surface area (Å²) in [6.45, 7) is 0.636. The summed E-state index contributed by atoms with van der Waals surface area (Å²) in [5.41, 5.74) is 3.79. The molecule has 126 valence electrons. The fraction of sp³-hybridized carbons (Fsp3) is 0.350. The van der Waals surface area contributed by atoms with Gasteiger partial charge in [-0.3, -0.25) is 0 Å². The molecular formula is C20H24N2O2. The van der Waals surface area contributed by atoms with Crippen LogP contribution in [0, 0.1) is 0 Å². The molecule has 0 radical (unpaired) electrons. The van der Waals surface area contributed by atoms with Crippen LogP contribution in [0.2, 0.25) is 0 Å². The van der Waals surface area contributed by atoms with Crippen molar-refractivity contribution in [2.75, 3.05) is 13.2 Å². The molecular weight excluding hydrogens is 300 g/mol. The van der Waals surface area contributed by atoms with Gasteiger partial charge in [-0.05, 0) is 36.0 Å². The topological polar surface area (TPSA) is 61.4 Å². The maximum absolute atomic E-state index is 12.2. The van der Waals surface area contributed by atoms with Crippen molar-refractivity contribution in [3.8, 4) is 0 Å². The van der Waals surface area contributed by atoms with Crippen molar-refractivity contribution in [1.29, 1.82) is 0 Å². The van der Waals surface area contributed by atoms with Gasteiger partial charge in [0.25, 0.3) is 0 Å². The molecule has 1 aliphatic carbocycles. The monoisotopic (exact) mass is 324 g/mol. The Labute approximate surface area is 142 Å². The molecule has 0 aliphatic heterocycles. The Morgan fingerprint density at radius 1 is 1.04 bits per heavy atom. The SMILES string of the molecule is O=C(NCC(CCO)c1ccccc1)NC1Cc2ccccc2C1. The lowest BCUT2D eigenvalue weighted by molar-refractivity contribution is 0.234. The van der Waals surface area contributed by atoms with Gasteiger partial charge < -0.3 is 15.7 Å². The minimum Gasteiger partial charge on any atom is -0.396 e. The van der Waals surface area contributed by atoms with Crippen LogP contribution in [0.5, 0.6) is 0 Å². The molecule has 4 heteroatoms. The van der Waals surface area contributed by atoms with Crippen LogP contribution in [0.1, 0.15) is 29.0 Å². The Hall–Kier alpha value is -2.33. The van der Waals surface area contributed by atoms with Crippen molar-refractivity contribution in [2.24, 2.45) is 0 Å². The van der Waals surface area contributed by atoms with Crippen molar-refractivity contribution >= 4 is 6.03 Å². The van der Waals surface area contributed by atoms with Gasteiger partial charge in [0.2, 0.25) is 0 Å². The molecule has 1 unspecified atom stereocenters. The second kappa shape index (κ2) is 7.97. The zero-order valence-electron chi connectivity index (χ0n) is 13.7. The van der Waals surface area contributed by atoms with Crippen molar-refractivity contribution in [1.82, 2.24) is 10.6 Å². The Balaban J connectivity index is 1.50. The van der Waals surface area contributed by atoms with Crippen molar-refractivity contribution in [3.63, 3.8) is 0 Å². The Morgan fingerprint density at radius 2 is 1.67 bits per heavy atom. The maximum atomic E-state index is 12.2. The van der Waals surface area contributed by atoms with Gasteiger partial charge in [-0.2, -0.15) is 0 Å². The summed E-state index contributed by atoms with van der Waals surface area (Å²) in [5.74, 6) is 0.128. The summed E-state index contributed by atoms with van der Waals surface area (Å²) in [7, 11) is 0. The summed E-state index contributed by atoms with van der Waals surface area (Å²) in [5, 5.41) is 15.3. The number of urea groups is 1. The van der Waals surface area contributed by atoms with Crippen LogP contribution in [-0.4, -0.2) is 30.3 Å². The van der Waals surface area contributed by atoms with E-state index in [1.54, 1.807) is 0 Å². The van der Waals surface area contributed by atoms with Gasteiger partial charge >= 0.3 is 6.03 Å². The molecule has 0 aromatic heterocycles. The fourth-order valence-electron chi connectivity index (χ4n) is 3.38. The van der Waals surface area contributed by atoms with E-state index in [4.69, 9.17) is 0 Å². The van der Waals surface area contributed by atoms with Gasteiger partial charge in [0.05, 0.1) is 0 Å². The smallest absolute Gasteiger partial charge is 0.315 e. The standard InChI is InChI=1S/C20H24N2O2/c23-11-10-18(15-6-2-1-3-7-15)14-21-20(24)22-19-12-16-8-4-5-9-17(16)13-19/h1-9,18-19,23H,10-14H2,(H2,21,22,24). The van der Waals surface area contributed by atoms with E-state index in [1.807, 2.05) is 42.5 Å². The van der Waals surface area contributed by atoms with Crippen LogP contribution in [0.15, 0.2) is 54.6 Å². The van der Waals surface area contributed by atoms with Gasteiger partial charge in [0.1, 0.15) is 0 Å². The van der Waals surface area contributed by atoms with Crippen LogP contribution < -0.4 is 10.6 Å². The number of benzene rings is 2. The van der Waals surface area contributed by atoms with E-state index >= 15 is 0 Å². The second-order valence-corrected chi connectivity index (χ2v) is 6.35.